The second-order valence-corrected chi connectivity index (χ2v) is 10.1. The molecule has 196 valence electrons. The fourth-order valence-electron chi connectivity index (χ4n) is 4.14. The molecule has 1 atom stereocenters. The van der Waals surface area contributed by atoms with E-state index in [0.717, 1.165) is 57.5 Å². The maximum absolute atomic E-state index is 12.5. The van der Waals surface area contributed by atoms with Crippen molar-refractivity contribution in [1.29, 1.82) is 5.26 Å². The lowest BCUT2D eigenvalue weighted by molar-refractivity contribution is -0.117. The minimum atomic E-state index is -1.07. The molecule has 1 unspecified atom stereocenters. The zero-order valence-corrected chi connectivity index (χ0v) is 23.6. The van der Waals surface area contributed by atoms with Crippen LogP contribution >= 0.6 is 22.6 Å². The van der Waals surface area contributed by atoms with Gasteiger partial charge in [-0.25, -0.2) is 0 Å². The van der Waals surface area contributed by atoms with Crippen LogP contribution in [0.15, 0.2) is 54.1 Å². The summed E-state index contributed by atoms with van der Waals surface area (Å²) in [4.78, 5) is 14.8. The van der Waals surface area contributed by atoms with Gasteiger partial charge < -0.3 is 30.3 Å². The van der Waals surface area contributed by atoms with Crippen LogP contribution in [0.5, 0.6) is 0 Å². The van der Waals surface area contributed by atoms with Crippen molar-refractivity contribution in [2.24, 2.45) is 7.05 Å². The smallest absolute Gasteiger partial charge is 0.262 e. The number of nitrogens with zero attached hydrogens (tertiary/aromatic N) is 3. The van der Waals surface area contributed by atoms with Crippen molar-refractivity contribution in [1.82, 2.24) is 14.8 Å². The molecule has 0 aliphatic carbocycles. The maximum atomic E-state index is 12.5. The Morgan fingerprint density at radius 1 is 1.16 bits per heavy atom. The molecule has 0 saturated heterocycles. The van der Waals surface area contributed by atoms with Crippen LogP contribution in [-0.4, -0.2) is 76.0 Å². The first-order valence-corrected chi connectivity index (χ1v) is 13.7. The van der Waals surface area contributed by atoms with E-state index >= 15 is 0 Å². The number of allylic oxidation sites excluding steroid dienone is 1. The van der Waals surface area contributed by atoms with Crippen LogP contribution < -0.4 is 10.6 Å². The largest absolute Gasteiger partial charge is 0.394 e. The van der Waals surface area contributed by atoms with Crippen molar-refractivity contribution in [3.63, 3.8) is 0 Å². The number of alkyl halides is 1. The molecule has 0 radical (unpaired) electrons. The molecule has 2 aromatic carbocycles. The van der Waals surface area contributed by atoms with Gasteiger partial charge in [0.1, 0.15) is 11.6 Å². The number of aliphatic hydroxyl groups excluding tert-OH is 2. The molecule has 0 bridgehead atoms. The number of halogens is 1. The number of amides is 1. The average molecular weight is 616 g/mol. The van der Waals surface area contributed by atoms with Crippen molar-refractivity contribution in [2.45, 2.75) is 13.0 Å². The fraction of sp³-hybridized carbons (Fsp3) is 0.357. The van der Waals surface area contributed by atoms with Gasteiger partial charge in [-0.15, -0.1) is 0 Å². The Labute approximate surface area is 231 Å². The molecule has 0 aliphatic rings. The van der Waals surface area contributed by atoms with Crippen LogP contribution in [-0.2, 0) is 11.8 Å². The summed E-state index contributed by atoms with van der Waals surface area (Å²) in [6, 6.07) is 18.5. The van der Waals surface area contributed by atoms with Gasteiger partial charge in [0.2, 0.25) is 0 Å². The van der Waals surface area contributed by atoms with Gasteiger partial charge in [0.15, 0.2) is 0 Å². The number of aromatic nitrogens is 1. The van der Waals surface area contributed by atoms with Gasteiger partial charge in [0.25, 0.3) is 5.91 Å². The number of nitrogens with one attached hydrogen (secondary N) is 2. The van der Waals surface area contributed by atoms with E-state index in [1.807, 2.05) is 29.8 Å². The first-order chi connectivity index (χ1) is 17.8. The number of carbonyl (C=O) groups is 1. The van der Waals surface area contributed by atoms with Crippen molar-refractivity contribution in [3.05, 3.63) is 59.8 Å². The number of hydrogen-bond donors (Lipinski definition) is 4. The zero-order chi connectivity index (χ0) is 26.9. The fourth-order valence-corrected chi connectivity index (χ4v) is 4.96. The highest BCUT2D eigenvalue weighted by atomic mass is 127. The minimum absolute atomic E-state index is 0.0306. The molecule has 0 fully saturated rings. The number of benzene rings is 2. The quantitative estimate of drug-likeness (QED) is 0.108. The van der Waals surface area contributed by atoms with E-state index in [1.54, 1.807) is 6.92 Å². The predicted molar refractivity (Wildman–Crippen MR) is 158 cm³/mol. The number of fused-ring (bicyclic) bond motifs is 1. The number of nitriles is 1. The number of anilines is 1. The van der Waals surface area contributed by atoms with E-state index in [4.69, 9.17) is 5.11 Å². The molecule has 3 rings (SSSR count). The molecule has 0 spiro atoms. The van der Waals surface area contributed by atoms with Gasteiger partial charge in [0, 0.05) is 54.7 Å². The molecule has 3 aromatic rings. The van der Waals surface area contributed by atoms with Gasteiger partial charge in [-0.1, -0.05) is 40.8 Å². The molecule has 9 heteroatoms. The molecule has 8 nitrogen and oxygen atoms in total. The first kappa shape index (κ1) is 28.7. The van der Waals surface area contributed by atoms with Crippen LogP contribution in [0.25, 0.3) is 27.6 Å². The minimum Gasteiger partial charge on any atom is -0.394 e. The van der Waals surface area contributed by atoms with Crippen molar-refractivity contribution in [3.8, 4) is 17.3 Å². The summed E-state index contributed by atoms with van der Waals surface area (Å²) < 4.78 is 3.09. The Morgan fingerprint density at radius 3 is 2.59 bits per heavy atom. The van der Waals surface area contributed by atoms with Crippen LogP contribution in [0.3, 0.4) is 0 Å². The van der Waals surface area contributed by atoms with Crippen LogP contribution in [0.4, 0.5) is 5.69 Å². The molecule has 0 aliphatic heterocycles. The molecular weight excluding hydrogens is 581 g/mol. The lowest BCUT2D eigenvalue weighted by Gasteiger charge is -2.16. The van der Waals surface area contributed by atoms with Gasteiger partial charge in [-0.3, -0.25) is 4.79 Å². The summed E-state index contributed by atoms with van der Waals surface area (Å²) in [6.07, 6.45) is -1.07. The lowest BCUT2D eigenvalue weighted by Crippen LogP contribution is -2.34. The summed E-state index contributed by atoms with van der Waals surface area (Å²) in [6.45, 7) is 4.10. The van der Waals surface area contributed by atoms with Crippen LogP contribution in [0, 0.1) is 11.3 Å². The van der Waals surface area contributed by atoms with Gasteiger partial charge in [-0.05, 0) is 66.2 Å². The second-order valence-electron chi connectivity index (χ2n) is 9.02. The number of carbonyl (C=O) groups excluding carboxylic acids is 1. The van der Waals surface area contributed by atoms with E-state index in [0.29, 0.717) is 5.57 Å². The zero-order valence-electron chi connectivity index (χ0n) is 21.5. The van der Waals surface area contributed by atoms with Crippen LogP contribution in [0.1, 0.15) is 12.6 Å². The number of rotatable bonds is 12. The molecule has 1 heterocycles. The third-order valence-electron chi connectivity index (χ3n) is 6.35. The van der Waals surface area contributed by atoms with Gasteiger partial charge >= 0.3 is 0 Å². The Bertz CT molecular complexity index is 1310. The third kappa shape index (κ3) is 7.32. The highest BCUT2D eigenvalue weighted by molar-refractivity contribution is 14.1. The van der Waals surface area contributed by atoms with E-state index < -0.39 is 18.6 Å². The van der Waals surface area contributed by atoms with Gasteiger partial charge in [-0.2, -0.15) is 5.26 Å². The summed E-state index contributed by atoms with van der Waals surface area (Å²) in [5.41, 5.74) is 4.34. The summed E-state index contributed by atoms with van der Waals surface area (Å²) in [5.74, 6) is -0.581. The molecule has 4 N–H and O–H groups in total. The molecule has 37 heavy (non-hydrogen) atoms. The summed E-state index contributed by atoms with van der Waals surface area (Å²) >= 11 is 2.39. The monoisotopic (exact) mass is 615 g/mol. The molecule has 1 amide bonds. The number of aliphatic hydroxyl groups is 2. The van der Waals surface area contributed by atoms with E-state index in [2.05, 4.69) is 81.6 Å². The van der Waals surface area contributed by atoms with Crippen LogP contribution in [0.2, 0.25) is 0 Å². The SMILES string of the molecule is C/C(=C(/C#N)C(=O)NCC(O)CO)c1ccc(-c2ccc3cc(NCCN(C)CCI)ccc3c2)n1C. The Kier molecular flexibility index (Phi) is 10.5. The topological polar surface area (TPSA) is 114 Å². The molecule has 0 saturated carbocycles. The summed E-state index contributed by atoms with van der Waals surface area (Å²) in [7, 11) is 4.04. The van der Waals surface area contributed by atoms with E-state index in [-0.39, 0.29) is 12.1 Å². The Morgan fingerprint density at radius 2 is 1.89 bits per heavy atom. The van der Waals surface area contributed by atoms with Gasteiger partial charge in [0.05, 0.1) is 12.7 Å². The van der Waals surface area contributed by atoms with E-state index in [9.17, 15) is 15.2 Å². The average Bonchev–Trinajstić information content (AvgIpc) is 3.28. The predicted octanol–water partition coefficient (Wildman–Crippen LogP) is 3.39. The second kappa shape index (κ2) is 13.6. The Balaban J connectivity index is 1.79. The van der Waals surface area contributed by atoms with Crippen molar-refractivity contribution < 1.29 is 15.0 Å². The first-order valence-electron chi connectivity index (χ1n) is 12.2. The van der Waals surface area contributed by atoms with Crippen molar-refractivity contribution >= 4 is 50.5 Å². The summed E-state index contributed by atoms with van der Waals surface area (Å²) in [5, 5.41) is 36.3. The third-order valence-corrected chi connectivity index (χ3v) is 6.84. The Hall–Kier alpha value is -2.91. The normalized spacial score (nSPS) is 12.8. The van der Waals surface area contributed by atoms with E-state index in [1.165, 1.54) is 0 Å². The molecular formula is C28H34IN5O3. The number of likely N-dealkylation sites (N-methyl/N-ethyl adjacent to an activating group) is 1. The maximum Gasteiger partial charge on any atom is 0.262 e. The highest BCUT2D eigenvalue weighted by Gasteiger charge is 2.18. The van der Waals surface area contributed by atoms with Crippen molar-refractivity contribution in [2.75, 3.05) is 49.6 Å². The standard InChI is InChI=1S/C28H34IN5O3/c1-19(25(16-30)28(37)32-17-24(36)18-35)26-8-9-27(34(26)3)22-5-4-21-15-23(7-6-20(21)14-22)31-11-13-33(2)12-10-29/h4-9,14-15,24,31,35-36H,10-13,17-18H2,1-3H3,(H,32,37)/b25-19+. The number of hydrogen-bond acceptors (Lipinski definition) is 6. The lowest BCUT2D eigenvalue weighted by atomic mass is 10.0. The molecule has 1 aromatic heterocycles. The highest BCUT2D eigenvalue weighted by Crippen LogP contribution is 2.30.